The van der Waals surface area contributed by atoms with Crippen LogP contribution in [0.2, 0.25) is 0 Å². The average Bonchev–Trinajstić information content (AvgIpc) is 2.95. The number of hydrogen-bond acceptors (Lipinski definition) is 4. The lowest BCUT2D eigenvalue weighted by atomic mass is 10.1. The van der Waals surface area contributed by atoms with Gasteiger partial charge in [-0.3, -0.25) is 4.79 Å². The van der Waals surface area contributed by atoms with Crippen molar-refractivity contribution in [3.8, 4) is 11.5 Å². The van der Waals surface area contributed by atoms with Crippen LogP contribution in [0.1, 0.15) is 31.2 Å². The Labute approximate surface area is 130 Å². The minimum atomic E-state index is 0.0151. The van der Waals surface area contributed by atoms with E-state index in [1.807, 2.05) is 23.1 Å². The van der Waals surface area contributed by atoms with Gasteiger partial charge in [-0.1, -0.05) is 13.8 Å². The van der Waals surface area contributed by atoms with Gasteiger partial charge < -0.3 is 14.4 Å². The van der Waals surface area contributed by atoms with Crippen molar-refractivity contribution in [1.82, 2.24) is 4.90 Å². The molecule has 5 heteroatoms. The molecule has 1 aromatic rings. The average molecular weight is 309 g/mol. The summed E-state index contributed by atoms with van der Waals surface area (Å²) >= 11 is 1.78. The second-order valence-electron chi connectivity index (χ2n) is 5.52. The second-order valence-corrected chi connectivity index (χ2v) is 6.70. The van der Waals surface area contributed by atoms with Gasteiger partial charge in [0.05, 0.1) is 14.2 Å². The monoisotopic (exact) mass is 309 g/mol. The molecule has 0 spiro atoms. The van der Waals surface area contributed by atoms with Crippen LogP contribution in [0.15, 0.2) is 18.2 Å². The fourth-order valence-electron chi connectivity index (χ4n) is 2.48. The molecule has 0 radical (unpaired) electrons. The number of methoxy groups -OCH3 is 2. The van der Waals surface area contributed by atoms with Crippen LogP contribution in [-0.2, 0) is 4.79 Å². The van der Waals surface area contributed by atoms with Crippen molar-refractivity contribution >= 4 is 17.7 Å². The lowest BCUT2D eigenvalue weighted by Gasteiger charge is -2.26. The molecular formula is C16H23NO3S. The first-order valence-corrected chi connectivity index (χ1v) is 8.24. The van der Waals surface area contributed by atoms with Crippen LogP contribution in [0.25, 0.3) is 0 Å². The van der Waals surface area contributed by atoms with E-state index >= 15 is 0 Å². The summed E-state index contributed by atoms with van der Waals surface area (Å²) in [6.07, 6.45) is 0.587. The first-order valence-electron chi connectivity index (χ1n) is 7.19. The van der Waals surface area contributed by atoms with Crippen LogP contribution >= 0.6 is 11.8 Å². The Bertz CT molecular complexity index is 504. The van der Waals surface area contributed by atoms with Gasteiger partial charge in [0, 0.05) is 24.3 Å². The van der Waals surface area contributed by atoms with Gasteiger partial charge in [0.1, 0.15) is 16.9 Å². The zero-order valence-electron chi connectivity index (χ0n) is 13.1. The van der Waals surface area contributed by atoms with Crippen LogP contribution in [0.4, 0.5) is 0 Å². The van der Waals surface area contributed by atoms with Gasteiger partial charge in [0.15, 0.2) is 0 Å². The fourth-order valence-corrected chi connectivity index (χ4v) is 3.77. The molecule has 1 fully saturated rings. The summed E-state index contributed by atoms with van der Waals surface area (Å²) in [4.78, 5) is 14.4. The molecule has 0 N–H and O–H groups in total. The Balaban J connectivity index is 2.28. The van der Waals surface area contributed by atoms with Crippen molar-refractivity contribution in [2.75, 3.05) is 26.5 Å². The van der Waals surface area contributed by atoms with E-state index < -0.39 is 0 Å². The lowest BCUT2D eigenvalue weighted by Crippen LogP contribution is -2.31. The molecular weight excluding hydrogens is 286 g/mol. The molecule has 1 aliphatic heterocycles. The third-order valence-corrected chi connectivity index (χ3v) is 4.74. The van der Waals surface area contributed by atoms with Crippen LogP contribution in [0.3, 0.4) is 0 Å². The number of ether oxygens (including phenoxy) is 2. The molecule has 21 heavy (non-hydrogen) atoms. The van der Waals surface area contributed by atoms with Crippen molar-refractivity contribution in [3.63, 3.8) is 0 Å². The van der Waals surface area contributed by atoms with Gasteiger partial charge in [-0.15, -0.1) is 11.8 Å². The van der Waals surface area contributed by atoms with Crippen molar-refractivity contribution in [3.05, 3.63) is 23.8 Å². The normalized spacial score (nSPS) is 18.1. The zero-order chi connectivity index (χ0) is 15.4. The topological polar surface area (TPSA) is 38.8 Å². The third-order valence-electron chi connectivity index (χ3n) is 3.50. The fraction of sp³-hybridized carbons (Fsp3) is 0.562. The Morgan fingerprint density at radius 3 is 2.76 bits per heavy atom. The SMILES string of the molecule is COc1ccc(OC)c(C2SCCN2C(=O)CC(C)C)c1. The maximum atomic E-state index is 12.4. The van der Waals surface area contributed by atoms with Gasteiger partial charge in [-0.2, -0.15) is 0 Å². The highest BCUT2D eigenvalue weighted by Gasteiger charge is 2.32. The molecule has 1 amide bonds. The summed E-state index contributed by atoms with van der Waals surface area (Å²) in [6.45, 7) is 4.94. The summed E-state index contributed by atoms with van der Waals surface area (Å²) in [6, 6.07) is 5.75. The van der Waals surface area contributed by atoms with Gasteiger partial charge in [0.25, 0.3) is 0 Å². The van der Waals surface area contributed by atoms with E-state index in [1.54, 1.807) is 26.0 Å². The van der Waals surface area contributed by atoms with Crippen LogP contribution < -0.4 is 9.47 Å². The molecule has 0 bridgehead atoms. The molecule has 1 heterocycles. The van der Waals surface area contributed by atoms with Crippen LogP contribution in [0.5, 0.6) is 11.5 Å². The number of carbonyl (C=O) groups is 1. The van der Waals surface area contributed by atoms with Gasteiger partial charge in [-0.05, 0) is 24.1 Å². The zero-order valence-corrected chi connectivity index (χ0v) is 13.9. The van der Waals surface area contributed by atoms with E-state index in [4.69, 9.17) is 9.47 Å². The summed E-state index contributed by atoms with van der Waals surface area (Å²) in [5, 5.41) is 0.0151. The molecule has 116 valence electrons. The molecule has 1 saturated heterocycles. The van der Waals surface area contributed by atoms with Crippen molar-refractivity contribution in [1.29, 1.82) is 0 Å². The molecule has 1 unspecified atom stereocenters. The van der Waals surface area contributed by atoms with Crippen LogP contribution in [-0.4, -0.2) is 37.3 Å². The molecule has 2 rings (SSSR count). The number of rotatable bonds is 5. The maximum absolute atomic E-state index is 12.4. The Morgan fingerprint density at radius 1 is 1.38 bits per heavy atom. The van der Waals surface area contributed by atoms with Crippen molar-refractivity contribution in [2.24, 2.45) is 5.92 Å². The minimum absolute atomic E-state index is 0.0151. The number of hydrogen-bond donors (Lipinski definition) is 0. The summed E-state index contributed by atoms with van der Waals surface area (Å²) in [7, 11) is 3.31. The number of benzene rings is 1. The Kier molecular flexibility index (Phi) is 5.39. The number of carbonyl (C=O) groups excluding carboxylic acids is 1. The van der Waals surface area contributed by atoms with E-state index in [0.29, 0.717) is 12.3 Å². The molecule has 0 aliphatic carbocycles. The maximum Gasteiger partial charge on any atom is 0.224 e. The largest absolute Gasteiger partial charge is 0.497 e. The first-order chi connectivity index (χ1) is 10.1. The molecule has 4 nitrogen and oxygen atoms in total. The van der Waals surface area contributed by atoms with E-state index in [0.717, 1.165) is 29.4 Å². The lowest BCUT2D eigenvalue weighted by molar-refractivity contribution is -0.132. The smallest absolute Gasteiger partial charge is 0.224 e. The Morgan fingerprint density at radius 2 is 2.14 bits per heavy atom. The third kappa shape index (κ3) is 3.64. The molecule has 0 aromatic heterocycles. The number of amides is 1. The molecule has 1 aromatic carbocycles. The van der Waals surface area contributed by atoms with Crippen LogP contribution in [0, 0.1) is 5.92 Å². The van der Waals surface area contributed by atoms with Crippen molar-refractivity contribution in [2.45, 2.75) is 25.6 Å². The molecule has 0 saturated carbocycles. The predicted octanol–water partition coefficient (Wildman–Crippen LogP) is 3.32. The highest BCUT2D eigenvalue weighted by Crippen LogP contribution is 2.43. The molecule has 1 aliphatic rings. The van der Waals surface area contributed by atoms with Gasteiger partial charge in [-0.25, -0.2) is 0 Å². The van der Waals surface area contributed by atoms with Crippen molar-refractivity contribution < 1.29 is 14.3 Å². The van der Waals surface area contributed by atoms with E-state index in [-0.39, 0.29) is 11.3 Å². The number of nitrogens with zero attached hydrogens (tertiary/aromatic N) is 1. The van der Waals surface area contributed by atoms with E-state index in [1.165, 1.54) is 0 Å². The quantitative estimate of drug-likeness (QED) is 0.836. The number of thioether (sulfide) groups is 1. The van der Waals surface area contributed by atoms with Gasteiger partial charge in [0.2, 0.25) is 5.91 Å². The summed E-state index contributed by atoms with van der Waals surface area (Å²) in [5.41, 5.74) is 1.01. The first kappa shape index (κ1) is 16.0. The Hall–Kier alpha value is -1.36. The van der Waals surface area contributed by atoms with Gasteiger partial charge >= 0.3 is 0 Å². The second kappa shape index (κ2) is 7.07. The predicted molar refractivity (Wildman–Crippen MR) is 85.9 cm³/mol. The van der Waals surface area contributed by atoms with E-state index in [9.17, 15) is 4.79 Å². The summed E-state index contributed by atoms with van der Waals surface area (Å²) in [5.74, 6) is 3.13. The van der Waals surface area contributed by atoms with E-state index in [2.05, 4.69) is 13.8 Å². The standard InChI is InChI=1S/C16H23NO3S/c1-11(2)9-15(18)17-7-8-21-16(17)13-10-12(19-3)5-6-14(13)20-4/h5-6,10-11,16H,7-9H2,1-4H3. The highest BCUT2D eigenvalue weighted by atomic mass is 32.2. The highest BCUT2D eigenvalue weighted by molar-refractivity contribution is 7.99. The minimum Gasteiger partial charge on any atom is -0.497 e. The summed E-state index contributed by atoms with van der Waals surface area (Å²) < 4.78 is 10.8. The molecule has 1 atom stereocenters.